The van der Waals surface area contributed by atoms with Crippen molar-refractivity contribution < 1.29 is 13.6 Å². The van der Waals surface area contributed by atoms with Gasteiger partial charge in [0.05, 0.1) is 16.8 Å². The molecule has 0 atom stereocenters. The number of hydrogen-bond donors (Lipinski definition) is 2. The molecule has 7 heteroatoms. The number of nitriles is 1. The lowest BCUT2D eigenvalue weighted by molar-refractivity contribution is 0.0996. The fourth-order valence-electron chi connectivity index (χ4n) is 1.59. The third-order valence-corrected chi connectivity index (χ3v) is 3.49. The second kappa shape index (κ2) is 5.67. The van der Waals surface area contributed by atoms with Crippen LogP contribution in [-0.2, 0) is 6.54 Å². The van der Waals surface area contributed by atoms with Gasteiger partial charge in [-0.3, -0.25) is 4.79 Å². The van der Waals surface area contributed by atoms with Crippen molar-refractivity contribution in [2.75, 3.05) is 5.32 Å². The summed E-state index contributed by atoms with van der Waals surface area (Å²) in [6.07, 6.45) is 0. The van der Waals surface area contributed by atoms with Gasteiger partial charge in [0.2, 0.25) is 0 Å². The highest BCUT2D eigenvalue weighted by Gasteiger charge is 2.13. The van der Waals surface area contributed by atoms with Crippen LogP contribution in [0.1, 0.15) is 20.8 Å². The number of rotatable bonds is 4. The molecule has 3 N–H and O–H groups in total. The second-order valence-electron chi connectivity index (χ2n) is 3.94. The van der Waals surface area contributed by atoms with E-state index in [9.17, 15) is 13.6 Å². The Kier molecular flexibility index (Phi) is 3.96. The fourth-order valence-corrected chi connectivity index (χ4v) is 2.34. The quantitative estimate of drug-likeness (QED) is 0.909. The molecule has 0 saturated heterocycles. The smallest absolute Gasteiger partial charge is 0.251 e. The minimum Gasteiger partial charge on any atom is -0.378 e. The highest BCUT2D eigenvalue weighted by molar-refractivity contribution is 7.10. The number of carbonyl (C=O) groups excluding carboxylic acids is 1. The fraction of sp³-hybridized carbons (Fsp3) is 0.0769. The Labute approximate surface area is 117 Å². The van der Waals surface area contributed by atoms with E-state index in [1.54, 1.807) is 11.4 Å². The summed E-state index contributed by atoms with van der Waals surface area (Å²) in [7, 11) is 0. The van der Waals surface area contributed by atoms with E-state index in [0.29, 0.717) is 11.6 Å². The van der Waals surface area contributed by atoms with Gasteiger partial charge in [-0.1, -0.05) is 0 Å². The van der Waals surface area contributed by atoms with Crippen LogP contribution in [0.15, 0.2) is 23.6 Å². The highest BCUT2D eigenvalue weighted by atomic mass is 32.1. The van der Waals surface area contributed by atoms with Gasteiger partial charge in [0.25, 0.3) is 5.91 Å². The van der Waals surface area contributed by atoms with Crippen LogP contribution in [-0.4, -0.2) is 5.91 Å². The lowest BCUT2D eigenvalue weighted by atomic mass is 10.1. The lowest BCUT2D eigenvalue weighted by Gasteiger charge is -2.08. The first-order chi connectivity index (χ1) is 9.51. The molecule has 2 rings (SSSR count). The molecule has 0 aliphatic rings. The topological polar surface area (TPSA) is 78.9 Å². The Morgan fingerprint density at radius 3 is 2.70 bits per heavy atom. The molecule has 0 saturated carbocycles. The van der Waals surface area contributed by atoms with E-state index < -0.39 is 17.5 Å². The Morgan fingerprint density at radius 1 is 1.35 bits per heavy atom. The highest BCUT2D eigenvalue weighted by Crippen LogP contribution is 2.21. The summed E-state index contributed by atoms with van der Waals surface area (Å²) < 4.78 is 26.9. The molecule has 1 heterocycles. The molecular weight excluding hydrogens is 284 g/mol. The monoisotopic (exact) mass is 293 g/mol. The molecule has 2 aromatic rings. The van der Waals surface area contributed by atoms with Gasteiger partial charge in [-0.05, 0) is 12.1 Å². The van der Waals surface area contributed by atoms with E-state index in [2.05, 4.69) is 5.32 Å². The van der Waals surface area contributed by atoms with E-state index in [-0.39, 0.29) is 17.8 Å². The molecule has 0 aliphatic carbocycles. The zero-order valence-corrected chi connectivity index (χ0v) is 10.9. The van der Waals surface area contributed by atoms with E-state index in [1.165, 1.54) is 11.3 Å². The summed E-state index contributed by atoms with van der Waals surface area (Å²) in [6.45, 7) is 0.257. The first kappa shape index (κ1) is 14.0. The molecule has 20 heavy (non-hydrogen) atoms. The van der Waals surface area contributed by atoms with Crippen LogP contribution >= 0.6 is 11.3 Å². The van der Waals surface area contributed by atoms with Gasteiger partial charge in [-0.2, -0.15) is 5.26 Å². The Morgan fingerprint density at radius 2 is 2.10 bits per heavy atom. The molecule has 4 nitrogen and oxygen atoms in total. The Hall–Kier alpha value is -2.46. The van der Waals surface area contributed by atoms with Gasteiger partial charge in [0.1, 0.15) is 17.7 Å². The minimum absolute atomic E-state index is 0.0212. The van der Waals surface area contributed by atoms with Crippen molar-refractivity contribution in [3.63, 3.8) is 0 Å². The normalized spacial score (nSPS) is 10.1. The maximum absolute atomic E-state index is 13.6. The molecule has 0 unspecified atom stereocenters. The van der Waals surface area contributed by atoms with Crippen LogP contribution < -0.4 is 11.1 Å². The van der Waals surface area contributed by atoms with Crippen molar-refractivity contribution in [1.82, 2.24) is 0 Å². The number of amides is 1. The summed E-state index contributed by atoms with van der Waals surface area (Å²) in [4.78, 5) is 11.8. The zero-order valence-electron chi connectivity index (χ0n) is 10.1. The van der Waals surface area contributed by atoms with Gasteiger partial charge in [0, 0.05) is 22.9 Å². The van der Waals surface area contributed by atoms with Gasteiger partial charge in [-0.15, -0.1) is 11.3 Å². The van der Waals surface area contributed by atoms with Gasteiger partial charge >= 0.3 is 0 Å². The molecular formula is C13H9F2N3OS. The predicted molar refractivity (Wildman–Crippen MR) is 71.2 cm³/mol. The summed E-state index contributed by atoms with van der Waals surface area (Å²) in [5.74, 6) is -2.78. The number of hydrogen-bond acceptors (Lipinski definition) is 4. The molecule has 1 aromatic carbocycles. The summed E-state index contributed by atoms with van der Waals surface area (Å²) >= 11 is 1.34. The summed E-state index contributed by atoms with van der Waals surface area (Å²) in [5, 5.41) is 13.1. The zero-order chi connectivity index (χ0) is 14.7. The number of nitrogens with two attached hydrogens (primary N) is 1. The van der Waals surface area contributed by atoms with Gasteiger partial charge < -0.3 is 11.1 Å². The lowest BCUT2D eigenvalue weighted by Crippen LogP contribution is -2.14. The second-order valence-corrected chi connectivity index (χ2v) is 4.94. The minimum atomic E-state index is -0.997. The van der Waals surface area contributed by atoms with Crippen LogP contribution in [0.2, 0.25) is 0 Å². The third-order valence-electron chi connectivity index (χ3n) is 2.56. The molecule has 1 aromatic heterocycles. The largest absolute Gasteiger partial charge is 0.378 e. The van der Waals surface area contributed by atoms with Crippen molar-refractivity contribution in [2.45, 2.75) is 6.54 Å². The number of halogens is 2. The van der Waals surface area contributed by atoms with Crippen LogP contribution in [0.25, 0.3) is 0 Å². The van der Waals surface area contributed by atoms with Crippen LogP contribution in [0.5, 0.6) is 0 Å². The van der Waals surface area contributed by atoms with E-state index in [0.717, 1.165) is 10.9 Å². The molecule has 0 spiro atoms. The number of primary amides is 1. The molecule has 0 radical (unpaired) electrons. The molecule has 1 amide bonds. The molecule has 102 valence electrons. The van der Waals surface area contributed by atoms with Crippen molar-refractivity contribution in [1.29, 1.82) is 5.26 Å². The Bertz CT molecular complexity index is 706. The van der Waals surface area contributed by atoms with E-state index >= 15 is 0 Å². The number of anilines is 1. The first-order valence-corrected chi connectivity index (χ1v) is 6.39. The average molecular weight is 293 g/mol. The van der Waals surface area contributed by atoms with Crippen molar-refractivity contribution in [3.05, 3.63) is 51.2 Å². The average Bonchev–Trinajstić information content (AvgIpc) is 2.85. The molecule has 0 bridgehead atoms. The van der Waals surface area contributed by atoms with Crippen molar-refractivity contribution >= 4 is 22.9 Å². The SMILES string of the molecule is N#Cc1csc(CNc2cc(C(N)=O)c(F)cc2F)c1. The van der Waals surface area contributed by atoms with Crippen LogP contribution in [0.3, 0.4) is 0 Å². The van der Waals surface area contributed by atoms with Gasteiger partial charge in [-0.25, -0.2) is 8.78 Å². The van der Waals surface area contributed by atoms with Crippen LogP contribution in [0, 0.1) is 23.0 Å². The number of benzene rings is 1. The van der Waals surface area contributed by atoms with Gasteiger partial charge in [0.15, 0.2) is 0 Å². The maximum Gasteiger partial charge on any atom is 0.251 e. The predicted octanol–water partition coefficient (Wildman–Crippen LogP) is 2.61. The molecule has 0 fully saturated rings. The van der Waals surface area contributed by atoms with Crippen molar-refractivity contribution in [3.8, 4) is 6.07 Å². The molecule has 0 aliphatic heterocycles. The van der Waals surface area contributed by atoms with Crippen LogP contribution in [0.4, 0.5) is 14.5 Å². The maximum atomic E-state index is 13.6. The van der Waals surface area contributed by atoms with Crippen molar-refractivity contribution in [2.24, 2.45) is 5.73 Å². The third kappa shape index (κ3) is 2.92. The summed E-state index contributed by atoms with van der Waals surface area (Å²) in [5.41, 5.74) is 5.12. The number of nitrogens with zero attached hydrogens (tertiary/aromatic N) is 1. The number of nitrogens with one attached hydrogen (secondary N) is 1. The standard InChI is InChI=1S/C13H9F2N3OS/c14-10-3-11(15)12(2-9(10)13(17)19)18-5-8-1-7(4-16)6-20-8/h1-3,6,18H,5H2,(H2,17,19). The number of carbonyl (C=O) groups is 1. The van der Waals surface area contributed by atoms with E-state index in [1.807, 2.05) is 6.07 Å². The first-order valence-electron chi connectivity index (χ1n) is 5.51. The number of thiophene rings is 1. The van der Waals surface area contributed by atoms with E-state index in [4.69, 9.17) is 11.0 Å². The Balaban J connectivity index is 2.19. The summed E-state index contributed by atoms with van der Waals surface area (Å²) in [6, 6.07) is 5.29.